The lowest BCUT2D eigenvalue weighted by atomic mass is 9.91. The predicted molar refractivity (Wildman–Crippen MR) is 154 cm³/mol. The fourth-order valence-corrected chi connectivity index (χ4v) is 4.18. The molecule has 4 atom stereocenters. The molecule has 1 aromatic heterocycles. The molecule has 0 bridgehead atoms. The van der Waals surface area contributed by atoms with Gasteiger partial charge in [0.25, 0.3) is 5.91 Å². The SMILES string of the molecule is COc1ccnc(C(=O)N[C@H]2COC(=O)C(Cc3ccccc3)[C@@H](OC(=O)C(C)C)[C@H](C)OC2=O)c1OC(=O)OCC(C)C. The molecule has 1 aromatic carbocycles. The minimum Gasteiger partial charge on any atom is -0.493 e. The molecule has 1 aliphatic rings. The molecule has 0 saturated carbocycles. The van der Waals surface area contributed by atoms with Crippen LogP contribution in [-0.2, 0) is 39.8 Å². The van der Waals surface area contributed by atoms with E-state index in [2.05, 4.69) is 10.3 Å². The number of ether oxygens (including phenoxy) is 6. The van der Waals surface area contributed by atoms with E-state index >= 15 is 0 Å². The zero-order valence-corrected chi connectivity index (χ0v) is 25.6. The standard InChI is InChI=1S/C31H38N2O11/c1-17(2)15-41-31(38)44-26-23(39-6)12-13-32-24(26)27(34)33-22-16-40-29(36)21(14-20-10-8-7-9-11-20)25(19(5)42-30(22)37)43-28(35)18(3)4/h7-13,17-19,21-22,25H,14-16H2,1-6H3,(H,33,34)/t19-,21?,22-,25-/m0/s1. The molecule has 0 aliphatic carbocycles. The summed E-state index contributed by atoms with van der Waals surface area (Å²) in [5.41, 5.74) is 0.370. The third-order valence-corrected chi connectivity index (χ3v) is 6.49. The van der Waals surface area contributed by atoms with Crippen LogP contribution in [-0.4, -0.2) is 73.5 Å². The number of carbonyl (C=O) groups excluding carboxylic acids is 5. The number of aromatic nitrogens is 1. The molecule has 44 heavy (non-hydrogen) atoms. The van der Waals surface area contributed by atoms with Gasteiger partial charge in [-0.1, -0.05) is 58.0 Å². The minimum atomic E-state index is -1.49. The van der Waals surface area contributed by atoms with Crippen molar-refractivity contribution in [2.75, 3.05) is 20.3 Å². The second-order valence-corrected chi connectivity index (χ2v) is 10.9. The summed E-state index contributed by atoms with van der Waals surface area (Å²) < 4.78 is 32.3. The monoisotopic (exact) mass is 614 g/mol. The third kappa shape index (κ3) is 9.16. The molecule has 0 radical (unpaired) electrons. The maximum absolute atomic E-state index is 13.4. The molecule has 2 heterocycles. The van der Waals surface area contributed by atoms with Crippen LogP contribution >= 0.6 is 0 Å². The van der Waals surface area contributed by atoms with Crippen molar-refractivity contribution < 1.29 is 52.4 Å². The number of hydrogen-bond donors (Lipinski definition) is 1. The van der Waals surface area contributed by atoms with Gasteiger partial charge in [0.05, 0.1) is 19.6 Å². The summed E-state index contributed by atoms with van der Waals surface area (Å²) in [4.78, 5) is 68.9. The van der Waals surface area contributed by atoms with Gasteiger partial charge in [-0.05, 0) is 24.8 Å². The van der Waals surface area contributed by atoms with Crippen molar-refractivity contribution in [3.8, 4) is 11.5 Å². The summed E-state index contributed by atoms with van der Waals surface area (Å²) in [6, 6.07) is 8.91. The molecule has 1 fully saturated rings. The molecule has 0 spiro atoms. The van der Waals surface area contributed by atoms with Crippen molar-refractivity contribution in [2.24, 2.45) is 17.8 Å². The molecule has 1 amide bonds. The average Bonchev–Trinajstić information content (AvgIpc) is 3.02. The Bertz CT molecular complexity index is 1330. The first-order chi connectivity index (χ1) is 20.9. The van der Waals surface area contributed by atoms with E-state index in [1.54, 1.807) is 38.1 Å². The van der Waals surface area contributed by atoms with E-state index in [1.165, 1.54) is 26.3 Å². The maximum atomic E-state index is 13.4. The minimum absolute atomic E-state index is 0.00213. The van der Waals surface area contributed by atoms with Crippen LogP contribution in [0.4, 0.5) is 4.79 Å². The highest BCUT2D eigenvalue weighted by Gasteiger charge is 2.42. The van der Waals surface area contributed by atoms with Gasteiger partial charge in [0.1, 0.15) is 18.6 Å². The van der Waals surface area contributed by atoms with Crippen LogP contribution in [0.25, 0.3) is 0 Å². The number of benzene rings is 1. The highest BCUT2D eigenvalue weighted by molar-refractivity contribution is 5.98. The highest BCUT2D eigenvalue weighted by Crippen LogP contribution is 2.30. The second kappa shape index (κ2) is 15.7. The Morgan fingerprint density at radius 1 is 1.05 bits per heavy atom. The molecular formula is C31H38N2O11. The smallest absolute Gasteiger partial charge is 0.493 e. The lowest BCUT2D eigenvalue weighted by Crippen LogP contribution is -2.47. The number of esters is 3. The number of methoxy groups -OCH3 is 1. The van der Waals surface area contributed by atoms with E-state index in [-0.39, 0.29) is 30.4 Å². The van der Waals surface area contributed by atoms with Gasteiger partial charge in [0.15, 0.2) is 23.6 Å². The first-order valence-corrected chi connectivity index (χ1v) is 14.2. The van der Waals surface area contributed by atoms with Crippen LogP contribution in [0.3, 0.4) is 0 Å². The van der Waals surface area contributed by atoms with Crippen molar-refractivity contribution >= 4 is 30.0 Å². The first kappa shape index (κ1) is 33.8. The largest absolute Gasteiger partial charge is 0.514 e. The van der Waals surface area contributed by atoms with Crippen LogP contribution in [0.5, 0.6) is 11.5 Å². The number of nitrogens with one attached hydrogen (secondary N) is 1. The summed E-state index contributed by atoms with van der Waals surface area (Å²) in [7, 11) is 1.30. The Balaban J connectivity index is 1.87. The van der Waals surface area contributed by atoms with E-state index < -0.39 is 72.4 Å². The summed E-state index contributed by atoms with van der Waals surface area (Å²) in [6.45, 7) is 7.91. The van der Waals surface area contributed by atoms with E-state index in [4.69, 9.17) is 28.4 Å². The number of nitrogens with zero attached hydrogens (tertiary/aromatic N) is 1. The van der Waals surface area contributed by atoms with E-state index in [0.717, 1.165) is 5.56 Å². The third-order valence-electron chi connectivity index (χ3n) is 6.49. The molecule has 1 N–H and O–H groups in total. The fourth-order valence-electron chi connectivity index (χ4n) is 4.18. The molecule has 1 saturated heterocycles. The van der Waals surface area contributed by atoms with Crippen LogP contribution in [0, 0.1) is 17.8 Å². The van der Waals surface area contributed by atoms with Crippen LogP contribution in [0.15, 0.2) is 42.6 Å². The number of rotatable bonds is 10. The quantitative estimate of drug-likeness (QED) is 0.307. The number of cyclic esters (lactones) is 2. The Labute approximate surface area is 255 Å². The van der Waals surface area contributed by atoms with Gasteiger partial charge in [0, 0.05) is 12.3 Å². The second-order valence-electron chi connectivity index (χ2n) is 10.9. The van der Waals surface area contributed by atoms with Crippen molar-refractivity contribution in [2.45, 2.75) is 59.3 Å². The van der Waals surface area contributed by atoms with Gasteiger partial charge in [-0.3, -0.25) is 14.4 Å². The fraction of sp³-hybridized carbons (Fsp3) is 0.484. The summed E-state index contributed by atoms with van der Waals surface area (Å²) >= 11 is 0. The van der Waals surface area contributed by atoms with E-state index in [1.807, 2.05) is 19.9 Å². The average molecular weight is 615 g/mol. The number of carbonyl (C=O) groups is 5. The van der Waals surface area contributed by atoms with Crippen molar-refractivity contribution in [3.05, 3.63) is 53.9 Å². The lowest BCUT2D eigenvalue weighted by molar-refractivity contribution is -0.176. The van der Waals surface area contributed by atoms with Crippen molar-refractivity contribution in [3.63, 3.8) is 0 Å². The van der Waals surface area contributed by atoms with Gasteiger partial charge in [-0.2, -0.15) is 0 Å². The predicted octanol–water partition coefficient (Wildman–Crippen LogP) is 3.28. The topological polar surface area (TPSA) is 166 Å². The van der Waals surface area contributed by atoms with Crippen molar-refractivity contribution in [1.82, 2.24) is 10.3 Å². The normalized spacial score (nSPS) is 20.4. The van der Waals surface area contributed by atoms with Gasteiger partial charge in [-0.25, -0.2) is 14.6 Å². The lowest BCUT2D eigenvalue weighted by Gasteiger charge is -2.29. The maximum Gasteiger partial charge on any atom is 0.514 e. The molecule has 1 aliphatic heterocycles. The number of pyridine rings is 1. The van der Waals surface area contributed by atoms with Crippen LogP contribution in [0.2, 0.25) is 0 Å². The number of hydrogen-bond acceptors (Lipinski definition) is 12. The zero-order valence-electron chi connectivity index (χ0n) is 25.6. The molecule has 3 rings (SSSR count). The van der Waals surface area contributed by atoms with Gasteiger partial charge in [-0.15, -0.1) is 0 Å². The Morgan fingerprint density at radius 2 is 1.75 bits per heavy atom. The van der Waals surface area contributed by atoms with Gasteiger partial charge in [0.2, 0.25) is 5.75 Å². The van der Waals surface area contributed by atoms with Crippen molar-refractivity contribution in [1.29, 1.82) is 0 Å². The highest BCUT2D eigenvalue weighted by atomic mass is 16.7. The van der Waals surface area contributed by atoms with E-state index in [0.29, 0.717) is 0 Å². The summed E-state index contributed by atoms with van der Waals surface area (Å²) in [6.07, 6.45) is -1.97. The molecule has 13 nitrogen and oxygen atoms in total. The van der Waals surface area contributed by atoms with Gasteiger partial charge < -0.3 is 33.7 Å². The molecular weight excluding hydrogens is 576 g/mol. The zero-order chi connectivity index (χ0) is 32.4. The molecule has 238 valence electrons. The molecule has 1 unspecified atom stereocenters. The Morgan fingerprint density at radius 3 is 2.39 bits per heavy atom. The number of amides is 1. The van der Waals surface area contributed by atoms with Crippen LogP contribution < -0.4 is 14.8 Å². The Kier molecular flexibility index (Phi) is 12.1. The van der Waals surface area contributed by atoms with Gasteiger partial charge >= 0.3 is 24.1 Å². The Hall–Kier alpha value is -4.68. The molecule has 13 heteroatoms. The first-order valence-electron chi connectivity index (χ1n) is 14.2. The molecule has 2 aromatic rings. The van der Waals surface area contributed by atoms with E-state index in [9.17, 15) is 24.0 Å². The summed E-state index contributed by atoms with van der Waals surface area (Å²) in [5, 5.41) is 2.43. The summed E-state index contributed by atoms with van der Waals surface area (Å²) in [5.74, 6) is -5.09. The van der Waals surface area contributed by atoms with Crippen LogP contribution in [0.1, 0.15) is 50.7 Å².